The van der Waals surface area contributed by atoms with Gasteiger partial charge in [-0.15, -0.1) is 0 Å². The van der Waals surface area contributed by atoms with Gasteiger partial charge in [-0.05, 0) is 17.7 Å². The quantitative estimate of drug-likeness (QED) is 0.117. The van der Waals surface area contributed by atoms with Crippen molar-refractivity contribution >= 4 is 42.2 Å². The van der Waals surface area contributed by atoms with E-state index in [1.54, 1.807) is 0 Å². The van der Waals surface area contributed by atoms with Gasteiger partial charge in [0, 0.05) is 30.5 Å². The lowest BCUT2D eigenvalue weighted by atomic mass is 10.0. The van der Waals surface area contributed by atoms with Gasteiger partial charge in [-0.3, -0.25) is 19.2 Å². The number of benzene rings is 1. The van der Waals surface area contributed by atoms with Gasteiger partial charge in [-0.2, -0.15) is 12.6 Å². The number of imidazole rings is 1. The van der Waals surface area contributed by atoms with Crippen LogP contribution in [0.4, 0.5) is 0 Å². The molecule has 2 rings (SSSR count). The second kappa shape index (κ2) is 13.8. The molecule has 0 saturated heterocycles. The van der Waals surface area contributed by atoms with Gasteiger partial charge in [0.15, 0.2) is 0 Å². The predicted molar refractivity (Wildman–Crippen MR) is 133 cm³/mol. The largest absolute Gasteiger partial charge is 0.508 e. The number of hydrogen-bond donors (Lipinski definition) is 9. The number of nitrogens with two attached hydrogens (primary N) is 2. The number of primary amides is 1. The van der Waals surface area contributed by atoms with Gasteiger partial charge in [0.1, 0.15) is 23.9 Å². The molecule has 4 atom stereocenters. The Labute approximate surface area is 217 Å². The van der Waals surface area contributed by atoms with E-state index in [-0.39, 0.29) is 24.3 Å². The molecule has 4 unspecified atom stereocenters. The Morgan fingerprint density at radius 1 is 0.946 bits per heavy atom. The van der Waals surface area contributed by atoms with Crippen LogP contribution in [0, 0.1) is 0 Å². The van der Waals surface area contributed by atoms with Crippen LogP contribution in [0.5, 0.6) is 5.75 Å². The maximum atomic E-state index is 13.0. The van der Waals surface area contributed by atoms with Gasteiger partial charge in [-0.25, -0.2) is 9.78 Å². The third-order valence-corrected chi connectivity index (χ3v) is 5.54. The lowest BCUT2D eigenvalue weighted by molar-refractivity contribution is -0.143. The number of carboxylic acid groups (broad SMARTS) is 1. The molecule has 200 valence electrons. The normalized spacial score (nSPS) is 14.0. The highest BCUT2D eigenvalue weighted by Gasteiger charge is 2.30. The van der Waals surface area contributed by atoms with E-state index >= 15 is 0 Å². The summed E-state index contributed by atoms with van der Waals surface area (Å²) < 4.78 is 0. The van der Waals surface area contributed by atoms with Crippen molar-refractivity contribution in [3.63, 3.8) is 0 Å². The Kier molecular flexibility index (Phi) is 10.9. The first-order valence-corrected chi connectivity index (χ1v) is 11.7. The fourth-order valence-corrected chi connectivity index (χ4v) is 3.48. The molecule has 0 aliphatic carbocycles. The number of aromatic hydroxyl groups is 1. The van der Waals surface area contributed by atoms with Crippen LogP contribution >= 0.6 is 12.6 Å². The van der Waals surface area contributed by atoms with Crippen LogP contribution in [-0.4, -0.2) is 79.7 Å². The number of aromatic nitrogens is 2. The number of H-pyrrole nitrogens is 1. The SMILES string of the molecule is NC(=O)CC(NC(=O)C(Cc1ccc(O)cc1)NC(=O)C(CS)NC(=O)C(N)Cc1cnc[nH]1)C(=O)O. The van der Waals surface area contributed by atoms with Gasteiger partial charge in [0.2, 0.25) is 23.6 Å². The number of nitrogens with zero attached hydrogens (tertiary/aromatic N) is 1. The maximum absolute atomic E-state index is 13.0. The highest BCUT2D eigenvalue weighted by molar-refractivity contribution is 7.80. The summed E-state index contributed by atoms with van der Waals surface area (Å²) in [6, 6.07) is 0.637. The molecule has 1 heterocycles. The minimum Gasteiger partial charge on any atom is -0.508 e. The number of aromatic amines is 1. The van der Waals surface area contributed by atoms with Crippen LogP contribution in [0.3, 0.4) is 0 Å². The maximum Gasteiger partial charge on any atom is 0.326 e. The molecule has 0 spiro atoms. The number of phenolic OH excluding ortho intramolecular Hbond substituents is 1. The van der Waals surface area contributed by atoms with E-state index in [2.05, 4.69) is 38.5 Å². The number of carboxylic acids is 1. The van der Waals surface area contributed by atoms with Crippen molar-refractivity contribution in [3.8, 4) is 5.75 Å². The molecular weight excluding hydrogens is 506 g/mol. The van der Waals surface area contributed by atoms with Crippen molar-refractivity contribution in [2.24, 2.45) is 11.5 Å². The summed E-state index contributed by atoms with van der Waals surface area (Å²) in [5.74, 6) is -4.93. The number of amides is 4. The first-order valence-electron chi connectivity index (χ1n) is 11.0. The number of phenols is 1. The monoisotopic (exact) mass is 535 g/mol. The second-order valence-corrected chi connectivity index (χ2v) is 8.50. The summed E-state index contributed by atoms with van der Waals surface area (Å²) in [6.45, 7) is 0. The highest BCUT2D eigenvalue weighted by atomic mass is 32.1. The van der Waals surface area contributed by atoms with Crippen LogP contribution in [0.2, 0.25) is 0 Å². The molecule has 0 fully saturated rings. The summed E-state index contributed by atoms with van der Waals surface area (Å²) in [6.07, 6.45) is 2.31. The molecule has 4 amide bonds. The standard InChI is InChI=1S/C22H29N7O7S/c23-14(6-12-8-25-10-26-12)19(32)29-17(9-37)21(34)27-15(5-11-1-3-13(30)4-2-11)20(33)28-16(22(35)36)7-18(24)31/h1-4,8,10,14-17,30,37H,5-7,9,23H2,(H2,24,31)(H,25,26)(H,27,34)(H,28,33)(H,29,32)(H,35,36). The van der Waals surface area contributed by atoms with E-state index in [1.165, 1.54) is 36.8 Å². The Morgan fingerprint density at radius 2 is 1.54 bits per heavy atom. The van der Waals surface area contributed by atoms with Crippen molar-refractivity contribution in [2.75, 3.05) is 5.75 Å². The summed E-state index contributed by atoms with van der Waals surface area (Å²) in [7, 11) is 0. The van der Waals surface area contributed by atoms with Gasteiger partial charge in [-0.1, -0.05) is 12.1 Å². The first kappa shape index (κ1) is 29.1. The number of nitrogens with one attached hydrogen (secondary N) is 4. The van der Waals surface area contributed by atoms with Crippen molar-refractivity contribution in [1.82, 2.24) is 25.9 Å². The Balaban J connectivity index is 2.15. The van der Waals surface area contributed by atoms with Crippen molar-refractivity contribution in [1.29, 1.82) is 0 Å². The van der Waals surface area contributed by atoms with Gasteiger partial charge < -0.3 is 42.6 Å². The van der Waals surface area contributed by atoms with Gasteiger partial charge in [0.25, 0.3) is 0 Å². The fraction of sp³-hybridized carbons (Fsp3) is 0.364. The minimum atomic E-state index is -1.62. The van der Waals surface area contributed by atoms with E-state index in [0.29, 0.717) is 11.3 Å². The lowest BCUT2D eigenvalue weighted by Crippen LogP contribution is -2.58. The summed E-state index contributed by atoms with van der Waals surface area (Å²) in [5.41, 5.74) is 12.1. The van der Waals surface area contributed by atoms with Crippen molar-refractivity contribution < 1.29 is 34.2 Å². The number of aliphatic carboxylic acids is 1. The molecule has 15 heteroatoms. The Bertz CT molecular complexity index is 1100. The number of hydrogen-bond acceptors (Lipinski definition) is 9. The molecule has 14 nitrogen and oxygen atoms in total. The van der Waals surface area contributed by atoms with E-state index < -0.39 is 60.2 Å². The summed E-state index contributed by atoms with van der Waals surface area (Å²) in [5, 5.41) is 25.9. The Morgan fingerprint density at radius 3 is 2.08 bits per heavy atom. The fourth-order valence-electron chi connectivity index (χ4n) is 3.22. The molecule has 37 heavy (non-hydrogen) atoms. The zero-order valence-corrected chi connectivity index (χ0v) is 20.5. The third-order valence-electron chi connectivity index (χ3n) is 5.18. The average Bonchev–Trinajstić information content (AvgIpc) is 3.35. The third kappa shape index (κ3) is 9.46. The first-order chi connectivity index (χ1) is 17.5. The zero-order chi connectivity index (χ0) is 27.5. The van der Waals surface area contributed by atoms with E-state index in [0.717, 1.165) is 0 Å². The second-order valence-electron chi connectivity index (χ2n) is 8.13. The van der Waals surface area contributed by atoms with Gasteiger partial charge >= 0.3 is 5.97 Å². The topological polar surface area (TPSA) is 243 Å². The minimum absolute atomic E-state index is 0.0227. The van der Waals surface area contributed by atoms with Crippen LogP contribution in [-0.2, 0) is 36.8 Å². The molecule has 0 radical (unpaired) electrons. The molecular formula is C22H29N7O7S. The molecule has 0 saturated carbocycles. The Hall–Kier alpha value is -4.11. The molecule has 0 aliphatic rings. The summed E-state index contributed by atoms with van der Waals surface area (Å²) >= 11 is 4.10. The van der Waals surface area contributed by atoms with Crippen LogP contribution < -0.4 is 27.4 Å². The highest BCUT2D eigenvalue weighted by Crippen LogP contribution is 2.12. The van der Waals surface area contributed by atoms with Crippen LogP contribution in [0.15, 0.2) is 36.8 Å². The molecule has 10 N–H and O–H groups in total. The van der Waals surface area contributed by atoms with Crippen LogP contribution in [0.1, 0.15) is 17.7 Å². The number of carbonyl (C=O) groups excluding carboxylic acids is 4. The van der Waals surface area contributed by atoms with Crippen molar-refractivity contribution in [2.45, 2.75) is 43.4 Å². The van der Waals surface area contributed by atoms with Gasteiger partial charge in [0.05, 0.1) is 18.8 Å². The number of carbonyl (C=O) groups is 5. The molecule has 0 bridgehead atoms. The van der Waals surface area contributed by atoms with E-state index in [1.807, 2.05) is 0 Å². The summed E-state index contributed by atoms with van der Waals surface area (Å²) in [4.78, 5) is 67.7. The van der Waals surface area contributed by atoms with Crippen LogP contribution in [0.25, 0.3) is 0 Å². The zero-order valence-electron chi connectivity index (χ0n) is 19.6. The lowest BCUT2D eigenvalue weighted by Gasteiger charge is -2.24. The van der Waals surface area contributed by atoms with E-state index in [9.17, 15) is 34.2 Å². The van der Waals surface area contributed by atoms with E-state index in [4.69, 9.17) is 11.5 Å². The average molecular weight is 536 g/mol. The molecule has 0 aliphatic heterocycles. The molecule has 1 aromatic carbocycles. The van der Waals surface area contributed by atoms with Crippen molar-refractivity contribution in [3.05, 3.63) is 48.0 Å². The predicted octanol–water partition coefficient (Wildman–Crippen LogP) is -2.43. The smallest absolute Gasteiger partial charge is 0.326 e. The number of thiol groups is 1. The molecule has 1 aromatic heterocycles. The number of rotatable bonds is 14. The molecule has 2 aromatic rings.